The number of anilines is 1. The van der Waals surface area contributed by atoms with Crippen LogP contribution in [-0.2, 0) is 0 Å². The Hall–Kier alpha value is -2.58. The number of halogens is 1. The van der Waals surface area contributed by atoms with Crippen LogP contribution in [0.4, 0.5) is 5.69 Å². The fourth-order valence-electron chi connectivity index (χ4n) is 2.55. The van der Waals surface area contributed by atoms with Crippen molar-refractivity contribution in [1.29, 1.82) is 0 Å². The van der Waals surface area contributed by atoms with Gasteiger partial charge in [-0.1, -0.05) is 45.5 Å². The molecule has 1 amide bonds. The molecule has 0 saturated heterocycles. The van der Waals surface area contributed by atoms with Crippen LogP contribution in [0.25, 0.3) is 15.5 Å². The topological polar surface area (TPSA) is 72.2 Å². The van der Waals surface area contributed by atoms with Gasteiger partial charge in [0.2, 0.25) is 4.96 Å². The SMILES string of the molecule is Cc1ccc(-c2nn3c(C)nnc3s2)cc1NC(=O)c1cccc(Br)c1. The summed E-state index contributed by atoms with van der Waals surface area (Å²) < 4.78 is 2.59. The molecule has 130 valence electrons. The number of hydrogen-bond donors (Lipinski definition) is 1. The standard InChI is InChI=1S/C18H14BrN5OS/c1-10-6-7-13(17-23-24-11(2)21-22-18(24)26-17)9-15(10)20-16(25)12-4-3-5-14(19)8-12/h3-9H,1-2H3,(H,20,25). The molecular formula is C18H14BrN5OS. The normalized spacial score (nSPS) is 11.0. The predicted octanol–water partition coefficient (Wildman–Crippen LogP) is 4.48. The Morgan fingerprint density at radius 3 is 2.77 bits per heavy atom. The number of amides is 1. The molecule has 2 heterocycles. The Bertz CT molecular complexity index is 1130. The first-order valence-electron chi connectivity index (χ1n) is 7.88. The summed E-state index contributed by atoms with van der Waals surface area (Å²) in [6, 6.07) is 13.2. The van der Waals surface area contributed by atoms with Gasteiger partial charge in [0.25, 0.3) is 5.91 Å². The number of nitrogens with zero attached hydrogens (tertiary/aromatic N) is 4. The number of aromatic nitrogens is 4. The van der Waals surface area contributed by atoms with Crippen LogP contribution in [0.2, 0.25) is 0 Å². The van der Waals surface area contributed by atoms with Crippen molar-refractivity contribution < 1.29 is 4.79 Å². The van der Waals surface area contributed by atoms with E-state index in [1.54, 1.807) is 16.6 Å². The summed E-state index contributed by atoms with van der Waals surface area (Å²) in [7, 11) is 0. The van der Waals surface area contributed by atoms with Crippen molar-refractivity contribution in [2.24, 2.45) is 0 Å². The van der Waals surface area contributed by atoms with Crippen molar-refractivity contribution in [3.63, 3.8) is 0 Å². The lowest BCUT2D eigenvalue weighted by atomic mass is 10.1. The predicted molar refractivity (Wildman–Crippen MR) is 106 cm³/mol. The Labute approximate surface area is 162 Å². The molecule has 0 atom stereocenters. The van der Waals surface area contributed by atoms with Gasteiger partial charge in [0.15, 0.2) is 5.82 Å². The molecule has 6 nitrogen and oxygen atoms in total. The van der Waals surface area contributed by atoms with Crippen molar-refractivity contribution in [1.82, 2.24) is 19.8 Å². The smallest absolute Gasteiger partial charge is 0.255 e. The van der Waals surface area contributed by atoms with Gasteiger partial charge in [0.1, 0.15) is 5.01 Å². The van der Waals surface area contributed by atoms with E-state index < -0.39 is 0 Å². The van der Waals surface area contributed by atoms with Gasteiger partial charge in [-0.3, -0.25) is 4.79 Å². The van der Waals surface area contributed by atoms with Crippen LogP contribution < -0.4 is 5.32 Å². The summed E-state index contributed by atoms with van der Waals surface area (Å²) in [4.78, 5) is 13.3. The first-order chi connectivity index (χ1) is 12.5. The summed E-state index contributed by atoms with van der Waals surface area (Å²) in [5, 5.41) is 16.5. The van der Waals surface area contributed by atoms with Crippen molar-refractivity contribution in [2.45, 2.75) is 13.8 Å². The fourth-order valence-corrected chi connectivity index (χ4v) is 3.83. The van der Waals surface area contributed by atoms with E-state index in [4.69, 9.17) is 0 Å². The van der Waals surface area contributed by atoms with E-state index in [2.05, 4.69) is 36.5 Å². The van der Waals surface area contributed by atoms with Gasteiger partial charge in [-0.15, -0.1) is 10.2 Å². The van der Waals surface area contributed by atoms with Gasteiger partial charge in [-0.25, -0.2) is 0 Å². The average Bonchev–Trinajstić information content (AvgIpc) is 3.19. The number of benzene rings is 2. The van der Waals surface area contributed by atoms with Gasteiger partial charge in [0, 0.05) is 21.3 Å². The lowest BCUT2D eigenvalue weighted by Crippen LogP contribution is -2.12. The minimum absolute atomic E-state index is 0.152. The van der Waals surface area contributed by atoms with Gasteiger partial charge < -0.3 is 5.32 Å². The first kappa shape index (κ1) is 16.9. The van der Waals surface area contributed by atoms with E-state index in [9.17, 15) is 4.79 Å². The van der Waals surface area contributed by atoms with E-state index in [0.717, 1.165) is 37.1 Å². The van der Waals surface area contributed by atoms with E-state index in [-0.39, 0.29) is 5.91 Å². The maximum absolute atomic E-state index is 12.5. The summed E-state index contributed by atoms with van der Waals surface area (Å²) in [6.45, 7) is 3.82. The highest BCUT2D eigenvalue weighted by Crippen LogP contribution is 2.29. The molecule has 26 heavy (non-hydrogen) atoms. The second-order valence-electron chi connectivity index (χ2n) is 5.84. The van der Waals surface area contributed by atoms with Crippen LogP contribution >= 0.6 is 27.3 Å². The molecule has 1 N–H and O–H groups in total. The number of nitrogens with one attached hydrogen (secondary N) is 1. The lowest BCUT2D eigenvalue weighted by Gasteiger charge is -2.10. The Morgan fingerprint density at radius 2 is 2.00 bits per heavy atom. The van der Waals surface area contributed by atoms with E-state index in [1.807, 2.05) is 44.2 Å². The molecule has 2 aromatic carbocycles. The molecule has 0 spiro atoms. The monoisotopic (exact) mass is 427 g/mol. The van der Waals surface area contributed by atoms with Crippen LogP contribution in [0.3, 0.4) is 0 Å². The summed E-state index contributed by atoms with van der Waals surface area (Å²) >= 11 is 4.85. The highest BCUT2D eigenvalue weighted by atomic mass is 79.9. The summed E-state index contributed by atoms with van der Waals surface area (Å²) in [5.74, 6) is 0.596. The zero-order valence-corrected chi connectivity index (χ0v) is 16.4. The number of aryl methyl sites for hydroxylation is 2. The minimum Gasteiger partial charge on any atom is -0.322 e. The molecule has 0 aliphatic heterocycles. The van der Waals surface area contributed by atoms with Crippen molar-refractivity contribution in [3.8, 4) is 10.6 Å². The third-order valence-corrected chi connectivity index (χ3v) is 5.41. The number of hydrogen-bond acceptors (Lipinski definition) is 5. The van der Waals surface area contributed by atoms with Crippen molar-refractivity contribution in [2.75, 3.05) is 5.32 Å². The fraction of sp³-hybridized carbons (Fsp3) is 0.111. The largest absolute Gasteiger partial charge is 0.322 e. The molecule has 0 saturated carbocycles. The van der Waals surface area contributed by atoms with Crippen molar-refractivity contribution >= 4 is 43.8 Å². The summed E-state index contributed by atoms with van der Waals surface area (Å²) in [5.41, 5.74) is 3.26. The van der Waals surface area contributed by atoms with E-state index >= 15 is 0 Å². The first-order valence-corrected chi connectivity index (χ1v) is 9.49. The number of carbonyl (C=O) groups excluding carboxylic acids is 1. The molecule has 4 aromatic rings. The maximum atomic E-state index is 12.5. The van der Waals surface area contributed by atoms with Crippen LogP contribution in [0, 0.1) is 13.8 Å². The number of carbonyl (C=O) groups is 1. The van der Waals surface area contributed by atoms with Crippen molar-refractivity contribution in [3.05, 3.63) is 63.9 Å². The second kappa shape index (κ2) is 6.62. The molecule has 0 radical (unpaired) electrons. The Kier molecular flexibility index (Phi) is 4.29. The van der Waals surface area contributed by atoms with Gasteiger partial charge in [-0.2, -0.15) is 9.61 Å². The molecule has 0 unspecified atom stereocenters. The average molecular weight is 428 g/mol. The van der Waals surface area contributed by atoms with Crippen LogP contribution in [0.1, 0.15) is 21.7 Å². The zero-order valence-electron chi connectivity index (χ0n) is 14.0. The second-order valence-corrected chi connectivity index (χ2v) is 7.71. The quantitative estimate of drug-likeness (QED) is 0.522. The number of fused-ring (bicyclic) bond motifs is 1. The third kappa shape index (κ3) is 3.13. The van der Waals surface area contributed by atoms with Gasteiger partial charge >= 0.3 is 0 Å². The van der Waals surface area contributed by atoms with Crippen LogP contribution in [0.5, 0.6) is 0 Å². The van der Waals surface area contributed by atoms with E-state index in [0.29, 0.717) is 5.56 Å². The zero-order chi connectivity index (χ0) is 18.3. The number of rotatable bonds is 3. The Morgan fingerprint density at radius 1 is 1.15 bits per heavy atom. The minimum atomic E-state index is -0.152. The Balaban J connectivity index is 1.66. The molecule has 0 aliphatic rings. The molecule has 0 bridgehead atoms. The molecule has 0 fully saturated rings. The van der Waals surface area contributed by atoms with Crippen LogP contribution in [-0.4, -0.2) is 25.7 Å². The third-order valence-electron chi connectivity index (χ3n) is 3.97. The van der Waals surface area contributed by atoms with Gasteiger partial charge in [-0.05, 0) is 43.7 Å². The highest BCUT2D eigenvalue weighted by molar-refractivity contribution is 9.10. The van der Waals surface area contributed by atoms with Crippen LogP contribution in [0.15, 0.2) is 46.9 Å². The molecule has 2 aromatic heterocycles. The highest BCUT2D eigenvalue weighted by Gasteiger charge is 2.13. The summed E-state index contributed by atoms with van der Waals surface area (Å²) in [6.07, 6.45) is 0. The maximum Gasteiger partial charge on any atom is 0.255 e. The molecule has 8 heteroatoms. The van der Waals surface area contributed by atoms with E-state index in [1.165, 1.54) is 11.3 Å². The molecule has 4 rings (SSSR count). The lowest BCUT2D eigenvalue weighted by molar-refractivity contribution is 0.102. The molecular weight excluding hydrogens is 414 g/mol. The van der Waals surface area contributed by atoms with Gasteiger partial charge in [0.05, 0.1) is 0 Å². The molecule has 0 aliphatic carbocycles.